The van der Waals surface area contributed by atoms with E-state index in [-0.39, 0.29) is 17.0 Å². The summed E-state index contributed by atoms with van der Waals surface area (Å²) >= 11 is 0. The molecule has 0 atom stereocenters. The van der Waals surface area contributed by atoms with E-state index in [9.17, 15) is 0 Å². The molecule has 3 heteroatoms. The van der Waals surface area contributed by atoms with E-state index in [0.717, 1.165) is 6.42 Å². The lowest BCUT2D eigenvalue weighted by Gasteiger charge is -2.02. The Morgan fingerprint density at radius 1 is 0.833 bits per heavy atom. The first-order valence-electron chi connectivity index (χ1n) is 9.95. The summed E-state index contributed by atoms with van der Waals surface area (Å²) in [5.74, 6) is 0. The second-order valence-corrected chi connectivity index (χ2v) is 6.81. The fraction of sp³-hybridized carbons (Fsp3) is 0.762. The maximum atomic E-state index is 8.72. The molecule has 0 bridgehead atoms. The van der Waals surface area contributed by atoms with Crippen molar-refractivity contribution < 1.29 is 26.7 Å². The van der Waals surface area contributed by atoms with Crippen LogP contribution in [0.5, 0.6) is 0 Å². The van der Waals surface area contributed by atoms with Crippen LogP contribution in [0.25, 0.3) is 0 Å². The highest BCUT2D eigenvalue weighted by atomic mass is 79.9. The summed E-state index contributed by atoms with van der Waals surface area (Å²) in [6.45, 7) is 3.78. The minimum absolute atomic E-state index is 0. The van der Waals surface area contributed by atoms with E-state index < -0.39 is 0 Å². The lowest BCUT2D eigenvalue weighted by molar-refractivity contribution is -0.697. The third-order valence-corrected chi connectivity index (χ3v) is 4.56. The van der Waals surface area contributed by atoms with Gasteiger partial charge in [-0.1, -0.05) is 58.3 Å². The molecule has 2 nitrogen and oxygen atoms in total. The maximum absolute atomic E-state index is 8.72. The fourth-order valence-electron chi connectivity index (χ4n) is 3.06. The fourth-order valence-corrected chi connectivity index (χ4v) is 3.06. The molecule has 24 heavy (non-hydrogen) atoms. The number of hydrogen-bond donors (Lipinski definition) is 1. The molecule has 0 amide bonds. The van der Waals surface area contributed by atoms with Gasteiger partial charge in [-0.25, -0.2) is 4.57 Å². The first-order valence-corrected chi connectivity index (χ1v) is 9.95. The lowest BCUT2D eigenvalue weighted by Crippen LogP contribution is -3.00. The SMILES string of the molecule is CCCCc1ccc[n+](CCCCCCCCCCCCO)c1.[Br-]. The summed E-state index contributed by atoms with van der Waals surface area (Å²) in [6, 6.07) is 4.45. The molecule has 1 N–H and O–H groups in total. The molecule has 0 spiro atoms. The van der Waals surface area contributed by atoms with Crippen molar-refractivity contribution in [3.63, 3.8) is 0 Å². The number of aryl methyl sites for hydroxylation is 2. The molecule has 1 rings (SSSR count). The molecule has 0 unspecified atom stereocenters. The topological polar surface area (TPSA) is 24.1 Å². The van der Waals surface area contributed by atoms with Gasteiger partial charge in [0.2, 0.25) is 0 Å². The van der Waals surface area contributed by atoms with Crippen molar-refractivity contribution in [3.8, 4) is 0 Å². The summed E-state index contributed by atoms with van der Waals surface area (Å²) in [4.78, 5) is 0. The summed E-state index contributed by atoms with van der Waals surface area (Å²) in [5.41, 5.74) is 1.48. The number of halogens is 1. The summed E-state index contributed by atoms with van der Waals surface area (Å²) < 4.78 is 2.37. The second kappa shape index (κ2) is 17.4. The third-order valence-electron chi connectivity index (χ3n) is 4.56. The first-order chi connectivity index (χ1) is 11.4. The van der Waals surface area contributed by atoms with Crippen molar-refractivity contribution in [1.29, 1.82) is 0 Å². The molecule has 0 saturated heterocycles. The van der Waals surface area contributed by atoms with Crippen LogP contribution in [0.1, 0.15) is 89.5 Å². The average Bonchev–Trinajstić information content (AvgIpc) is 2.58. The van der Waals surface area contributed by atoms with E-state index in [2.05, 4.69) is 36.0 Å². The van der Waals surface area contributed by atoms with Crippen molar-refractivity contribution in [3.05, 3.63) is 30.1 Å². The second-order valence-electron chi connectivity index (χ2n) is 6.81. The van der Waals surface area contributed by atoms with Crippen LogP contribution >= 0.6 is 0 Å². The van der Waals surface area contributed by atoms with Crippen LogP contribution in [-0.4, -0.2) is 11.7 Å². The molecule has 0 saturated carbocycles. The number of rotatable bonds is 15. The van der Waals surface area contributed by atoms with E-state index in [0.29, 0.717) is 6.61 Å². The van der Waals surface area contributed by atoms with Crippen molar-refractivity contribution in [2.45, 2.75) is 96.9 Å². The minimum atomic E-state index is 0. The molecule has 1 aromatic heterocycles. The zero-order valence-electron chi connectivity index (χ0n) is 15.7. The van der Waals surface area contributed by atoms with Gasteiger partial charge in [-0.3, -0.25) is 0 Å². The normalized spacial score (nSPS) is 10.6. The predicted molar refractivity (Wildman–Crippen MR) is 98.5 cm³/mol. The molecule has 140 valence electrons. The quantitative estimate of drug-likeness (QED) is 0.354. The van der Waals surface area contributed by atoms with Gasteiger partial charge < -0.3 is 22.1 Å². The van der Waals surface area contributed by atoms with E-state index in [1.165, 1.54) is 89.2 Å². The van der Waals surface area contributed by atoms with Crippen molar-refractivity contribution in [2.75, 3.05) is 6.61 Å². The Morgan fingerprint density at radius 2 is 1.42 bits per heavy atom. The van der Waals surface area contributed by atoms with Gasteiger partial charge in [-0.2, -0.15) is 0 Å². The molecule has 1 aromatic rings. The van der Waals surface area contributed by atoms with Gasteiger partial charge in [-0.15, -0.1) is 0 Å². The third kappa shape index (κ3) is 12.9. The standard InChI is InChI=1S/C21H38NO.BrH/c1-2-3-15-21-16-14-18-22(20-21)17-12-10-8-6-4-5-7-9-11-13-19-23;/h14,16,18,20,23H,2-13,15,17,19H2,1H3;1H/q+1;/p-1. The van der Waals surface area contributed by atoms with E-state index in [4.69, 9.17) is 5.11 Å². The van der Waals surface area contributed by atoms with Gasteiger partial charge in [0.25, 0.3) is 0 Å². The minimum Gasteiger partial charge on any atom is -1.00 e. The van der Waals surface area contributed by atoms with Crippen molar-refractivity contribution in [2.24, 2.45) is 0 Å². The van der Waals surface area contributed by atoms with E-state index in [1.807, 2.05) is 0 Å². The van der Waals surface area contributed by atoms with Crippen LogP contribution in [0.3, 0.4) is 0 Å². The Labute approximate surface area is 160 Å². The van der Waals surface area contributed by atoms with Crippen molar-refractivity contribution >= 4 is 0 Å². The van der Waals surface area contributed by atoms with Gasteiger partial charge in [0.15, 0.2) is 12.4 Å². The van der Waals surface area contributed by atoms with Gasteiger partial charge >= 0.3 is 0 Å². The Morgan fingerprint density at radius 3 is 2.00 bits per heavy atom. The first kappa shape index (κ1) is 23.6. The Kier molecular flexibility index (Phi) is 17.1. The molecule has 0 radical (unpaired) electrons. The highest BCUT2D eigenvalue weighted by molar-refractivity contribution is 5.05. The highest BCUT2D eigenvalue weighted by Crippen LogP contribution is 2.10. The number of nitrogens with zero attached hydrogens (tertiary/aromatic N) is 1. The van der Waals surface area contributed by atoms with Crippen molar-refractivity contribution in [1.82, 2.24) is 0 Å². The predicted octanol–water partition coefficient (Wildman–Crippen LogP) is 2.21. The molecule has 0 aliphatic heterocycles. The van der Waals surface area contributed by atoms with Crippen LogP contribution in [0.4, 0.5) is 0 Å². The van der Waals surface area contributed by atoms with Crippen LogP contribution in [0.15, 0.2) is 24.5 Å². The van der Waals surface area contributed by atoms with Gasteiger partial charge in [0.05, 0.1) is 0 Å². The molecular weight excluding hydrogens is 362 g/mol. The monoisotopic (exact) mass is 399 g/mol. The van der Waals surface area contributed by atoms with Gasteiger partial charge in [-0.05, 0) is 31.7 Å². The van der Waals surface area contributed by atoms with Crippen LogP contribution in [-0.2, 0) is 13.0 Å². The van der Waals surface area contributed by atoms with Crippen LogP contribution in [0.2, 0.25) is 0 Å². The van der Waals surface area contributed by atoms with E-state index in [1.54, 1.807) is 0 Å². The number of aliphatic hydroxyl groups excluding tert-OH is 1. The molecular formula is C21H38BrNO. The number of aromatic nitrogens is 1. The molecule has 0 aliphatic carbocycles. The molecule has 0 aliphatic rings. The van der Waals surface area contributed by atoms with Gasteiger partial charge in [0.1, 0.15) is 6.54 Å². The summed E-state index contributed by atoms with van der Waals surface area (Å²) in [5, 5.41) is 8.72. The number of pyridine rings is 1. The zero-order valence-corrected chi connectivity index (χ0v) is 17.3. The Balaban J connectivity index is 0.00000529. The number of unbranched alkanes of at least 4 members (excludes halogenated alkanes) is 10. The zero-order chi connectivity index (χ0) is 16.6. The Bertz CT molecular complexity index is 384. The summed E-state index contributed by atoms with van der Waals surface area (Å²) in [6.07, 6.45) is 21.4. The molecule has 0 fully saturated rings. The Hall–Kier alpha value is -0.410. The average molecular weight is 400 g/mol. The van der Waals surface area contributed by atoms with Crippen LogP contribution < -0.4 is 21.5 Å². The molecule has 0 aromatic carbocycles. The number of hydrogen-bond acceptors (Lipinski definition) is 1. The lowest BCUT2D eigenvalue weighted by atomic mass is 10.1. The highest BCUT2D eigenvalue weighted by Gasteiger charge is 2.02. The van der Waals surface area contributed by atoms with E-state index >= 15 is 0 Å². The van der Waals surface area contributed by atoms with Crippen LogP contribution in [0, 0.1) is 0 Å². The summed E-state index contributed by atoms with van der Waals surface area (Å²) in [7, 11) is 0. The smallest absolute Gasteiger partial charge is 0.171 e. The number of aliphatic hydroxyl groups is 1. The van der Waals surface area contributed by atoms with Gasteiger partial charge in [0, 0.05) is 24.7 Å². The maximum Gasteiger partial charge on any atom is 0.171 e. The largest absolute Gasteiger partial charge is 1.00 e. The molecule has 1 heterocycles.